The van der Waals surface area contributed by atoms with E-state index in [4.69, 9.17) is 15.6 Å². The molecule has 0 rings (SSSR count). The SMILES string of the molecule is CCC(C)OC(=O)CC[C@@H](N)C(=O)O. The molecule has 0 bridgehead atoms. The molecule has 14 heavy (non-hydrogen) atoms. The van der Waals surface area contributed by atoms with Gasteiger partial charge in [-0.25, -0.2) is 0 Å². The Morgan fingerprint density at radius 2 is 2.07 bits per heavy atom. The van der Waals surface area contributed by atoms with Gasteiger partial charge in [0, 0.05) is 6.42 Å². The van der Waals surface area contributed by atoms with Crippen LogP contribution in [0.2, 0.25) is 0 Å². The molecule has 0 saturated carbocycles. The zero-order valence-corrected chi connectivity index (χ0v) is 8.53. The van der Waals surface area contributed by atoms with Crippen molar-refractivity contribution in [1.82, 2.24) is 0 Å². The van der Waals surface area contributed by atoms with Gasteiger partial charge in [0.1, 0.15) is 6.04 Å². The number of hydrogen-bond acceptors (Lipinski definition) is 4. The van der Waals surface area contributed by atoms with Gasteiger partial charge in [0.05, 0.1) is 6.10 Å². The maximum atomic E-state index is 11.1. The third-order valence-corrected chi connectivity index (χ3v) is 1.88. The van der Waals surface area contributed by atoms with Crippen molar-refractivity contribution < 1.29 is 19.4 Å². The lowest BCUT2D eigenvalue weighted by molar-refractivity contribution is -0.148. The topological polar surface area (TPSA) is 89.6 Å². The van der Waals surface area contributed by atoms with E-state index in [0.29, 0.717) is 0 Å². The predicted octanol–water partition coefficient (Wildman–Crippen LogP) is 0.520. The smallest absolute Gasteiger partial charge is 0.320 e. The van der Waals surface area contributed by atoms with E-state index < -0.39 is 18.0 Å². The molecule has 0 aliphatic rings. The Morgan fingerprint density at radius 1 is 1.50 bits per heavy atom. The molecule has 0 aromatic rings. The van der Waals surface area contributed by atoms with Crippen molar-refractivity contribution in [2.75, 3.05) is 0 Å². The molecule has 0 aromatic carbocycles. The molecule has 1 unspecified atom stereocenters. The summed E-state index contributed by atoms with van der Waals surface area (Å²) in [7, 11) is 0. The highest BCUT2D eigenvalue weighted by Crippen LogP contribution is 2.02. The molecule has 0 aromatic heterocycles. The van der Waals surface area contributed by atoms with Crippen LogP contribution >= 0.6 is 0 Å². The summed E-state index contributed by atoms with van der Waals surface area (Å²) in [6.07, 6.45) is 0.794. The van der Waals surface area contributed by atoms with E-state index in [-0.39, 0.29) is 18.9 Å². The molecule has 2 atom stereocenters. The molecule has 0 amide bonds. The average molecular weight is 203 g/mol. The number of aliphatic carboxylic acids is 1. The number of rotatable bonds is 6. The van der Waals surface area contributed by atoms with Crippen molar-refractivity contribution in [3.8, 4) is 0 Å². The van der Waals surface area contributed by atoms with Crippen molar-refractivity contribution >= 4 is 11.9 Å². The number of carbonyl (C=O) groups excluding carboxylic acids is 1. The molecule has 0 radical (unpaired) electrons. The number of esters is 1. The predicted molar refractivity (Wildman–Crippen MR) is 50.7 cm³/mol. The fourth-order valence-electron chi connectivity index (χ4n) is 0.763. The molecule has 0 fully saturated rings. The second-order valence-electron chi connectivity index (χ2n) is 3.19. The van der Waals surface area contributed by atoms with Gasteiger partial charge in [0.15, 0.2) is 0 Å². The average Bonchev–Trinajstić information content (AvgIpc) is 2.13. The van der Waals surface area contributed by atoms with Crippen LogP contribution in [0.5, 0.6) is 0 Å². The molecular formula is C9H17NO4. The van der Waals surface area contributed by atoms with Crippen LogP contribution < -0.4 is 5.73 Å². The van der Waals surface area contributed by atoms with Crippen LogP contribution in [0.25, 0.3) is 0 Å². The minimum absolute atomic E-state index is 0.0534. The van der Waals surface area contributed by atoms with Gasteiger partial charge in [-0.2, -0.15) is 0 Å². The molecule has 0 aliphatic heterocycles. The van der Waals surface area contributed by atoms with Gasteiger partial charge in [-0.15, -0.1) is 0 Å². The normalized spacial score (nSPS) is 14.5. The molecule has 5 heteroatoms. The van der Waals surface area contributed by atoms with Gasteiger partial charge >= 0.3 is 11.9 Å². The third kappa shape index (κ3) is 5.53. The van der Waals surface area contributed by atoms with E-state index in [0.717, 1.165) is 6.42 Å². The first-order chi connectivity index (χ1) is 6.47. The Labute approximate surface area is 83.2 Å². The molecule has 0 spiro atoms. The highest BCUT2D eigenvalue weighted by molar-refractivity contribution is 5.75. The fourth-order valence-corrected chi connectivity index (χ4v) is 0.763. The number of carboxylic acid groups (broad SMARTS) is 1. The number of nitrogens with two attached hydrogens (primary N) is 1. The van der Waals surface area contributed by atoms with Gasteiger partial charge in [-0.1, -0.05) is 6.92 Å². The monoisotopic (exact) mass is 203 g/mol. The van der Waals surface area contributed by atoms with Gasteiger partial charge in [-0.05, 0) is 19.8 Å². The van der Waals surface area contributed by atoms with E-state index in [1.54, 1.807) is 6.92 Å². The molecule has 82 valence electrons. The fraction of sp³-hybridized carbons (Fsp3) is 0.778. The second kappa shape index (κ2) is 6.37. The summed E-state index contributed by atoms with van der Waals surface area (Å²) in [6, 6.07) is -0.987. The Morgan fingerprint density at radius 3 is 2.50 bits per heavy atom. The van der Waals surface area contributed by atoms with Crippen molar-refractivity contribution in [3.05, 3.63) is 0 Å². The maximum absolute atomic E-state index is 11.1. The largest absolute Gasteiger partial charge is 0.480 e. The summed E-state index contributed by atoms with van der Waals surface area (Å²) in [5, 5.41) is 8.45. The number of ether oxygens (including phenoxy) is 1. The third-order valence-electron chi connectivity index (χ3n) is 1.88. The zero-order valence-electron chi connectivity index (χ0n) is 8.53. The van der Waals surface area contributed by atoms with Crippen LogP contribution in [0.1, 0.15) is 33.1 Å². The van der Waals surface area contributed by atoms with Crippen molar-refractivity contribution in [3.63, 3.8) is 0 Å². The first kappa shape index (κ1) is 12.9. The second-order valence-corrected chi connectivity index (χ2v) is 3.19. The van der Waals surface area contributed by atoms with E-state index in [1.165, 1.54) is 0 Å². The lowest BCUT2D eigenvalue weighted by atomic mass is 10.2. The number of carboxylic acids is 1. The Hall–Kier alpha value is -1.10. The highest BCUT2D eigenvalue weighted by atomic mass is 16.5. The van der Waals surface area contributed by atoms with Gasteiger partial charge in [-0.3, -0.25) is 9.59 Å². The summed E-state index contributed by atoms with van der Waals surface area (Å²) in [5.41, 5.74) is 5.22. The Kier molecular flexibility index (Phi) is 5.87. The van der Waals surface area contributed by atoms with Crippen LogP contribution in [0.4, 0.5) is 0 Å². The summed E-state index contributed by atoms with van der Waals surface area (Å²) in [5.74, 6) is -1.49. The first-order valence-corrected chi connectivity index (χ1v) is 4.65. The van der Waals surface area contributed by atoms with Gasteiger partial charge in [0.2, 0.25) is 0 Å². The maximum Gasteiger partial charge on any atom is 0.320 e. The summed E-state index contributed by atoms with van der Waals surface area (Å²) in [4.78, 5) is 21.4. The molecule has 0 heterocycles. The quantitative estimate of drug-likeness (QED) is 0.614. The molecule has 3 N–H and O–H groups in total. The van der Waals surface area contributed by atoms with Crippen LogP contribution in [0.3, 0.4) is 0 Å². The standard InChI is InChI=1S/C9H17NO4/c1-3-6(2)14-8(11)5-4-7(10)9(12)13/h6-7H,3-5,10H2,1-2H3,(H,12,13)/t6?,7-/m1/s1. The van der Waals surface area contributed by atoms with E-state index >= 15 is 0 Å². The van der Waals surface area contributed by atoms with Crippen LogP contribution in [-0.2, 0) is 14.3 Å². The van der Waals surface area contributed by atoms with Gasteiger partial charge < -0.3 is 15.6 Å². The summed E-state index contributed by atoms with van der Waals surface area (Å²) >= 11 is 0. The number of hydrogen-bond donors (Lipinski definition) is 2. The van der Waals surface area contributed by atoms with E-state index in [1.807, 2.05) is 6.92 Å². The van der Waals surface area contributed by atoms with Crippen molar-refractivity contribution in [2.45, 2.75) is 45.3 Å². The zero-order chi connectivity index (χ0) is 11.1. The lowest BCUT2D eigenvalue weighted by Gasteiger charge is -2.11. The molecule has 5 nitrogen and oxygen atoms in total. The number of carbonyl (C=O) groups is 2. The lowest BCUT2D eigenvalue weighted by Crippen LogP contribution is -2.31. The minimum Gasteiger partial charge on any atom is -0.480 e. The Balaban J connectivity index is 3.69. The first-order valence-electron chi connectivity index (χ1n) is 4.65. The minimum atomic E-state index is -1.10. The van der Waals surface area contributed by atoms with Crippen LogP contribution in [0, 0.1) is 0 Å². The highest BCUT2D eigenvalue weighted by Gasteiger charge is 2.15. The van der Waals surface area contributed by atoms with Crippen molar-refractivity contribution in [1.29, 1.82) is 0 Å². The molecule has 0 saturated heterocycles. The van der Waals surface area contributed by atoms with Crippen molar-refractivity contribution in [2.24, 2.45) is 5.73 Å². The molecule has 0 aliphatic carbocycles. The van der Waals surface area contributed by atoms with E-state index in [2.05, 4.69) is 0 Å². The summed E-state index contributed by atoms with van der Waals surface area (Å²) in [6.45, 7) is 3.69. The molecular weight excluding hydrogens is 186 g/mol. The van der Waals surface area contributed by atoms with E-state index in [9.17, 15) is 9.59 Å². The summed E-state index contributed by atoms with van der Waals surface area (Å²) < 4.78 is 4.94. The Bertz CT molecular complexity index is 205. The van der Waals surface area contributed by atoms with Gasteiger partial charge in [0.25, 0.3) is 0 Å². The van der Waals surface area contributed by atoms with Crippen LogP contribution in [-0.4, -0.2) is 29.2 Å². The van der Waals surface area contributed by atoms with Crippen LogP contribution in [0.15, 0.2) is 0 Å².